The number of carbonyl (C=O) groups is 1. The number of nitrogens with one attached hydrogen (secondary N) is 1. The van der Waals surface area contributed by atoms with E-state index in [2.05, 4.69) is 5.32 Å². The quantitative estimate of drug-likeness (QED) is 0.898. The van der Waals surface area contributed by atoms with Crippen molar-refractivity contribution in [3.8, 4) is 0 Å². The first-order valence-electron chi connectivity index (χ1n) is 5.95. The molecule has 0 bridgehead atoms. The minimum atomic E-state index is -0.416. The van der Waals surface area contributed by atoms with E-state index in [0.29, 0.717) is 12.1 Å². The molecular formula is C15H15ClN2O. The van der Waals surface area contributed by atoms with Gasteiger partial charge in [0, 0.05) is 22.8 Å². The third kappa shape index (κ3) is 3.26. The second kappa shape index (κ2) is 5.76. The van der Waals surface area contributed by atoms with Crippen molar-refractivity contribution < 1.29 is 4.79 Å². The summed E-state index contributed by atoms with van der Waals surface area (Å²) in [5.74, 6) is -0.416. The van der Waals surface area contributed by atoms with Crippen LogP contribution >= 0.6 is 11.6 Å². The molecular weight excluding hydrogens is 260 g/mol. The second-order valence-electron chi connectivity index (χ2n) is 4.33. The van der Waals surface area contributed by atoms with E-state index in [1.807, 2.05) is 37.3 Å². The zero-order valence-electron chi connectivity index (χ0n) is 10.6. The van der Waals surface area contributed by atoms with Gasteiger partial charge in [-0.05, 0) is 42.3 Å². The van der Waals surface area contributed by atoms with E-state index in [0.717, 1.165) is 21.8 Å². The molecule has 0 fully saturated rings. The molecule has 4 heteroatoms. The highest BCUT2D eigenvalue weighted by Crippen LogP contribution is 2.23. The number of primary amides is 1. The lowest BCUT2D eigenvalue weighted by molar-refractivity contribution is 0.1000. The summed E-state index contributed by atoms with van der Waals surface area (Å²) >= 11 is 6.06. The summed E-state index contributed by atoms with van der Waals surface area (Å²) in [6.07, 6.45) is 0. The molecule has 0 radical (unpaired) electrons. The van der Waals surface area contributed by atoms with Gasteiger partial charge in [-0.3, -0.25) is 4.79 Å². The van der Waals surface area contributed by atoms with Crippen LogP contribution in [0.4, 0.5) is 5.69 Å². The fraction of sp³-hybridized carbons (Fsp3) is 0.133. The number of nitrogens with two attached hydrogens (primary N) is 1. The molecule has 0 saturated carbocycles. The Morgan fingerprint density at radius 3 is 2.74 bits per heavy atom. The molecule has 1 amide bonds. The predicted octanol–water partition coefficient (Wildman–Crippen LogP) is 3.36. The zero-order chi connectivity index (χ0) is 13.8. The minimum absolute atomic E-state index is 0.416. The first kappa shape index (κ1) is 13.4. The van der Waals surface area contributed by atoms with Crippen LogP contribution in [0.25, 0.3) is 0 Å². The fourth-order valence-electron chi connectivity index (χ4n) is 1.83. The van der Waals surface area contributed by atoms with E-state index in [9.17, 15) is 4.79 Å². The minimum Gasteiger partial charge on any atom is -0.381 e. The molecule has 2 rings (SSSR count). The molecule has 0 unspecified atom stereocenters. The van der Waals surface area contributed by atoms with E-state index in [4.69, 9.17) is 17.3 Å². The molecule has 0 aliphatic carbocycles. The lowest BCUT2D eigenvalue weighted by Crippen LogP contribution is -2.11. The van der Waals surface area contributed by atoms with E-state index in [1.54, 1.807) is 12.1 Å². The second-order valence-corrected chi connectivity index (χ2v) is 4.74. The lowest BCUT2D eigenvalue weighted by atomic mass is 10.1. The molecule has 2 aromatic carbocycles. The van der Waals surface area contributed by atoms with Gasteiger partial charge >= 0.3 is 0 Å². The van der Waals surface area contributed by atoms with Crippen molar-refractivity contribution in [2.75, 3.05) is 5.32 Å². The number of benzene rings is 2. The summed E-state index contributed by atoms with van der Waals surface area (Å²) in [6.45, 7) is 2.58. The third-order valence-electron chi connectivity index (χ3n) is 2.96. The van der Waals surface area contributed by atoms with Gasteiger partial charge in [-0.1, -0.05) is 29.8 Å². The highest BCUT2D eigenvalue weighted by molar-refractivity contribution is 6.31. The maximum atomic E-state index is 11.1. The maximum absolute atomic E-state index is 11.1. The van der Waals surface area contributed by atoms with Gasteiger partial charge in [-0.2, -0.15) is 0 Å². The third-order valence-corrected chi connectivity index (χ3v) is 3.37. The Bertz CT molecular complexity index is 611. The van der Waals surface area contributed by atoms with E-state index in [-0.39, 0.29) is 0 Å². The van der Waals surface area contributed by atoms with Crippen molar-refractivity contribution in [1.82, 2.24) is 0 Å². The smallest absolute Gasteiger partial charge is 0.248 e. The van der Waals surface area contributed by atoms with Crippen molar-refractivity contribution in [1.29, 1.82) is 0 Å². The van der Waals surface area contributed by atoms with Crippen molar-refractivity contribution in [2.24, 2.45) is 5.73 Å². The molecule has 0 aromatic heterocycles. The number of hydrogen-bond acceptors (Lipinski definition) is 2. The predicted molar refractivity (Wildman–Crippen MR) is 78.5 cm³/mol. The molecule has 19 heavy (non-hydrogen) atoms. The summed E-state index contributed by atoms with van der Waals surface area (Å²) in [4.78, 5) is 11.1. The number of carbonyl (C=O) groups excluding carboxylic acids is 1. The Hall–Kier alpha value is -2.00. The van der Waals surface area contributed by atoms with Crippen molar-refractivity contribution in [3.05, 3.63) is 64.2 Å². The van der Waals surface area contributed by atoms with Crippen LogP contribution in [-0.2, 0) is 6.54 Å². The first-order chi connectivity index (χ1) is 9.08. The Kier molecular flexibility index (Phi) is 4.07. The Morgan fingerprint density at radius 1 is 1.26 bits per heavy atom. The normalized spacial score (nSPS) is 10.2. The van der Waals surface area contributed by atoms with Gasteiger partial charge in [0.05, 0.1) is 0 Å². The molecule has 3 nitrogen and oxygen atoms in total. The Morgan fingerprint density at radius 2 is 2.00 bits per heavy atom. The van der Waals surface area contributed by atoms with Gasteiger partial charge in [-0.15, -0.1) is 0 Å². The van der Waals surface area contributed by atoms with Crippen LogP contribution in [0.2, 0.25) is 5.02 Å². The highest BCUT2D eigenvalue weighted by atomic mass is 35.5. The SMILES string of the molecule is Cc1c(Cl)cccc1NCc1cccc(C(N)=O)c1. The van der Waals surface area contributed by atoms with Gasteiger partial charge in [0.25, 0.3) is 0 Å². The molecule has 0 heterocycles. The summed E-state index contributed by atoms with van der Waals surface area (Å²) < 4.78 is 0. The average Bonchev–Trinajstić information content (AvgIpc) is 2.41. The van der Waals surface area contributed by atoms with Gasteiger partial charge < -0.3 is 11.1 Å². The number of halogens is 1. The molecule has 0 spiro atoms. The molecule has 0 aliphatic rings. The van der Waals surface area contributed by atoms with Crippen LogP contribution in [0, 0.1) is 6.92 Å². The monoisotopic (exact) mass is 274 g/mol. The van der Waals surface area contributed by atoms with E-state index >= 15 is 0 Å². The number of anilines is 1. The highest BCUT2D eigenvalue weighted by Gasteiger charge is 2.03. The number of amides is 1. The lowest BCUT2D eigenvalue weighted by Gasteiger charge is -2.11. The summed E-state index contributed by atoms with van der Waals surface area (Å²) in [6, 6.07) is 13.0. The van der Waals surface area contributed by atoms with Gasteiger partial charge in [-0.25, -0.2) is 0 Å². The molecule has 0 saturated heterocycles. The Labute approximate surface area is 117 Å². The molecule has 0 atom stereocenters. The molecule has 3 N–H and O–H groups in total. The van der Waals surface area contributed by atoms with Crippen LogP contribution in [0.5, 0.6) is 0 Å². The van der Waals surface area contributed by atoms with E-state index < -0.39 is 5.91 Å². The van der Waals surface area contributed by atoms with Gasteiger partial charge in [0.1, 0.15) is 0 Å². The Balaban J connectivity index is 2.12. The largest absolute Gasteiger partial charge is 0.381 e. The fourth-order valence-corrected chi connectivity index (χ4v) is 2.01. The van der Waals surface area contributed by atoms with Crippen molar-refractivity contribution in [3.63, 3.8) is 0 Å². The van der Waals surface area contributed by atoms with Crippen LogP contribution in [0.3, 0.4) is 0 Å². The van der Waals surface area contributed by atoms with E-state index in [1.165, 1.54) is 0 Å². The summed E-state index contributed by atoms with van der Waals surface area (Å²) in [5, 5.41) is 4.03. The first-order valence-corrected chi connectivity index (χ1v) is 6.33. The summed E-state index contributed by atoms with van der Waals surface area (Å²) in [7, 11) is 0. The molecule has 98 valence electrons. The standard InChI is InChI=1S/C15H15ClN2O/c1-10-13(16)6-3-7-14(10)18-9-11-4-2-5-12(8-11)15(17)19/h2-8,18H,9H2,1H3,(H2,17,19). The maximum Gasteiger partial charge on any atom is 0.248 e. The van der Waals surface area contributed by atoms with Gasteiger partial charge in [0.15, 0.2) is 0 Å². The molecule has 0 aliphatic heterocycles. The van der Waals surface area contributed by atoms with Crippen LogP contribution < -0.4 is 11.1 Å². The van der Waals surface area contributed by atoms with Crippen LogP contribution in [0.1, 0.15) is 21.5 Å². The number of hydrogen-bond donors (Lipinski definition) is 2. The van der Waals surface area contributed by atoms with Crippen LogP contribution in [0.15, 0.2) is 42.5 Å². The van der Waals surface area contributed by atoms with Crippen molar-refractivity contribution in [2.45, 2.75) is 13.5 Å². The molecule has 2 aromatic rings. The van der Waals surface area contributed by atoms with Gasteiger partial charge in [0.2, 0.25) is 5.91 Å². The zero-order valence-corrected chi connectivity index (χ0v) is 11.4. The topological polar surface area (TPSA) is 55.1 Å². The summed E-state index contributed by atoms with van der Waals surface area (Å²) in [5.41, 5.74) is 8.76. The average molecular weight is 275 g/mol. The number of rotatable bonds is 4. The van der Waals surface area contributed by atoms with Crippen LogP contribution in [-0.4, -0.2) is 5.91 Å². The van der Waals surface area contributed by atoms with Crippen molar-refractivity contribution >= 4 is 23.2 Å².